The molecule has 2 amide bonds. The van der Waals surface area contributed by atoms with Crippen LogP contribution in [0.1, 0.15) is 83.0 Å². The molecule has 1 saturated heterocycles. The van der Waals surface area contributed by atoms with Gasteiger partial charge < -0.3 is 19.1 Å². The molecule has 4 rings (SSSR count). The molecule has 2 aromatic carbocycles. The van der Waals surface area contributed by atoms with E-state index in [1.165, 1.54) is 6.92 Å². The number of hydrogen-bond donors (Lipinski definition) is 1. The monoisotopic (exact) mass is 589 g/mol. The third-order valence-electron chi connectivity index (χ3n) is 8.09. The lowest BCUT2D eigenvalue weighted by Gasteiger charge is -2.55. The second-order valence-electron chi connectivity index (χ2n) is 12.2. The number of nitrogens with zero attached hydrogens (tertiary/aromatic N) is 2. The van der Waals surface area contributed by atoms with Gasteiger partial charge >= 0.3 is 6.09 Å². The molecule has 1 unspecified atom stereocenters. The van der Waals surface area contributed by atoms with E-state index in [0.29, 0.717) is 0 Å². The Morgan fingerprint density at radius 1 is 1.07 bits per heavy atom. The first kappa shape index (κ1) is 31.3. The Morgan fingerprint density at radius 3 is 2.20 bits per heavy atom. The molecule has 7 nitrogen and oxygen atoms in total. The maximum atomic E-state index is 14.4. The van der Waals surface area contributed by atoms with Crippen molar-refractivity contribution in [1.82, 2.24) is 14.5 Å². The predicted octanol–water partition coefficient (Wildman–Crippen LogP) is 6.07. The van der Waals surface area contributed by atoms with Crippen LogP contribution >= 0.6 is 0 Å². The molecule has 0 aromatic heterocycles. The zero-order chi connectivity index (χ0) is 30.0. The van der Waals surface area contributed by atoms with Gasteiger partial charge in [0, 0.05) is 44.2 Å². The third-order valence-corrected chi connectivity index (χ3v) is 9.77. The quantitative estimate of drug-likeness (QED) is 0.378. The normalized spacial score (nSPS) is 20.0. The molecule has 2 fully saturated rings. The van der Waals surface area contributed by atoms with Crippen LogP contribution in [0.3, 0.4) is 0 Å². The Morgan fingerprint density at radius 2 is 1.66 bits per heavy atom. The van der Waals surface area contributed by atoms with Gasteiger partial charge in [-0.25, -0.2) is 13.6 Å². The molecule has 2 atom stereocenters. The third kappa shape index (κ3) is 7.21. The molecular weight excluding hydrogens is 548 g/mol. The second kappa shape index (κ2) is 12.3. The number of carbonyl (C=O) groups excluding carboxylic acids is 2. The summed E-state index contributed by atoms with van der Waals surface area (Å²) < 4.78 is 49.5. The van der Waals surface area contributed by atoms with Crippen LogP contribution < -0.4 is 4.72 Å². The summed E-state index contributed by atoms with van der Waals surface area (Å²) in [5.74, 6) is -2.99. The van der Waals surface area contributed by atoms with Gasteiger partial charge in [-0.1, -0.05) is 54.6 Å². The number of ether oxygens (including phenoxy) is 1. The van der Waals surface area contributed by atoms with Crippen LogP contribution in [0, 0.1) is 0 Å². The van der Waals surface area contributed by atoms with Crippen molar-refractivity contribution in [3.05, 3.63) is 71.3 Å². The van der Waals surface area contributed by atoms with E-state index in [-0.39, 0.29) is 63.4 Å². The Labute approximate surface area is 244 Å². The average Bonchev–Trinajstić information content (AvgIpc) is 2.89. The van der Waals surface area contributed by atoms with Crippen molar-refractivity contribution in [3.8, 4) is 0 Å². The van der Waals surface area contributed by atoms with Crippen LogP contribution in [-0.4, -0.2) is 56.2 Å². The highest BCUT2D eigenvalue weighted by molar-refractivity contribution is 7.90. The number of carbonyl (C=O) groups is 2. The van der Waals surface area contributed by atoms with Crippen LogP contribution in [0.2, 0.25) is 0 Å². The fraction of sp³-hybridized carbons (Fsp3) is 0.548. The lowest BCUT2D eigenvalue weighted by atomic mass is 9.72. The van der Waals surface area contributed by atoms with Gasteiger partial charge in [-0.2, -0.15) is 0 Å². The number of rotatable bonds is 8. The maximum absolute atomic E-state index is 14.4. The standard InChI is InChI=1S/C31H41F2N3O4S/c1-22(34-41(39)29(3,4)5)25-11-13-26(14-12-25)30(15-17-31(32,33)18-16-30)36(23(2)37)27-19-35(20-27)28(38)40-21-24-9-7-6-8-10-24/h6-14,22,27,34H,15-21H2,1-5H3/t22-,41?/m0/s1. The topological polar surface area (TPSA) is 84.9 Å². The van der Waals surface area contributed by atoms with Gasteiger partial charge in [0.2, 0.25) is 11.8 Å². The number of amides is 2. The van der Waals surface area contributed by atoms with Gasteiger partial charge in [0.1, 0.15) is 11.4 Å². The molecule has 0 spiro atoms. The van der Waals surface area contributed by atoms with E-state index in [2.05, 4.69) is 4.72 Å². The molecule has 1 aliphatic heterocycles. The lowest BCUT2D eigenvalue weighted by molar-refractivity contribution is -0.155. The number of likely N-dealkylation sites (tertiary alicyclic amines) is 1. The maximum Gasteiger partial charge on any atom is 0.410 e. The molecule has 1 N–H and O–H groups in total. The highest BCUT2D eigenvalue weighted by atomic mass is 32.2. The summed E-state index contributed by atoms with van der Waals surface area (Å²) in [4.78, 5) is 29.1. The summed E-state index contributed by atoms with van der Waals surface area (Å²) >= 11 is -1.26. The fourth-order valence-electron chi connectivity index (χ4n) is 5.67. The van der Waals surface area contributed by atoms with E-state index in [1.54, 1.807) is 9.80 Å². The van der Waals surface area contributed by atoms with Crippen molar-refractivity contribution in [2.75, 3.05) is 13.1 Å². The zero-order valence-corrected chi connectivity index (χ0v) is 25.3. The molecule has 0 radical (unpaired) electrons. The van der Waals surface area contributed by atoms with Crippen LogP contribution in [-0.2, 0) is 33.0 Å². The first-order valence-corrected chi connectivity index (χ1v) is 15.3. The molecule has 1 saturated carbocycles. The Balaban J connectivity index is 1.51. The molecule has 10 heteroatoms. The zero-order valence-electron chi connectivity index (χ0n) is 24.5. The van der Waals surface area contributed by atoms with Crippen LogP contribution in [0.15, 0.2) is 54.6 Å². The molecule has 224 valence electrons. The van der Waals surface area contributed by atoms with E-state index < -0.39 is 33.7 Å². The number of alkyl halides is 2. The number of halogens is 2. The summed E-state index contributed by atoms with van der Waals surface area (Å²) in [5.41, 5.74) is 1.67. The van der Waals surface area contributed by atoms with Crippen molar-refractivity contribution in [1.29, 1.82) is 0 Å². The Bertz CT molecular complexity index is 1190. The van der Waals surface area contributed by atoms with Gasteiger partial charge in [0.15, 0.2) is 0 Å². The first-order valence-electron chi connectivity index (χ1n) is 14.1. The van der Waals surface area contributed by atoms with E-state index in [1.807, 2.05) is 82.3 Å². The summed E-state index contributed by atoms with van der Waals surface area (Å²) in [7, 11) is 0. The molecule has 41 heavy (non-hydrogen) atoms. The largest absolute Gasteiger partial charge is 0.598 e. The van der Waals surface area contributed by atoms with Crippen molar-refractivity contribution in [3.63, 3.8) is 0 Å². The van der Waals surface area contributed by atoms with Gasteiger partial charge in [0.05, 0.1) is 17.6 Å². The smallest absolute Gasteiger partial charge is 0.410 e. The van der Waals surface area contributed by atoms with Gasteiger partial charge in [-0.15, -0.1) is 4.72 Å². The number of benzene rings is 2. The summed E-state index contributed by atoms with van der Waals surface area (Å²) in [6.45, 7) is 9.80. The highest BCUT2D eigenvalue weighted by Crippen LogP contribution is 2.49. The average molecular weight is 590 g/mol. The van der Waals surface area contributed by atoms with Gasteiger partial charge in [0.25, 0.3) is 0 Å². The van der Waals surface area contributed by atoms with Crippen LogP contribution in [0.4, 0.5) is 13.6 Å². The minimum absolute atomic E-state index is 0.121. The molecular formula is C31H41F2N3O4S. The minimum Gasteiger partial charge on any atom is -0.598 e. The summed E-state index contributed by atoms with van der Waals surface area (Å²) in [5, 5.41) is 0. The van der Waals surface area contributed by atoms with E-state index >= 15 is 0 Å². The van der Waals surface area contributed by atoms with E-state index in [4.69, 9.17) is 4.74 Å². The second-order valence-corrected chi connectivity index (χ2v) is 14.2. The van der Waals surface area contributed by atoms with E-state index in [0.717, 1.165) is 16.7 Å². The van der Waals surface area contributed by atoms with Crippen molar-refractivity contribution in [2.24, 2.45) is 0 Å². The minimum atomic E-state index is -2.78. The van der Waals surface area contributed by atoms with Gasteiger partial charge in [-0.05, 0) is 57.2 Å². The highest BCUT2D eigenvalue weighted by Gasteiger charge is 2.52. The van der Waals surface area contributed by atoms with Crippen molar-refractivity contribution in [2.45, 2.75) is 95.2 Å². The molecule has 1 heterocycles. The van der Waals surface area contributed by atoms with Crippen molar-refractivity contribution >= 4 is 23.4 Å². The molecule has 1 aliphatic carbocycles. The van der Waals surface area contributed by atoms with Crippen LogP contribution in [0.5, 0.6) is 0 Å². The molecule has 2 aromatic rings. The number of hydrogen-bond acceptors (Lipinski definition) is 5. The fourth-order valence-corrected chi connectivity index (χ4v) is 6.48. The molecule has 0 bridgehead atoms. The first-order chi connectivity index (χ1) is 19.2. The van der Waals surface area contributed by atoms with Crippen molar-refractivity contribution < 1.29 is 27.7 Å². The lowest BCUT2D eigenvalue weighted by Crippen LogP contribution is -2.67. The Kier molecular flexibility index (Phi) is 9.35. The predicted molar refractivity (Wildman–Crippen MR) is 155 cm³/mol. The van der Waals surface area contributed by atoms with Gasteiger partial charge in [-0.3, -0.25) is 4.79 Å². The van der Waals surface area contributed by atoms with Crippen LogP contribution in [0.25, 0.3) is 0 Å². The Hall–Kier alpha value is -2.69. The number of nitrogens with one attached hydrogen (secondary N) is 1. The SMILES string of the molecule is CC(=O)N(C1CN(C(=O)OCc2ccccc2)C1)C1(c2ccc([C@H](C)N[S+]([O-])C(C)(C)C)cc2)CCC(F)(F)CC1. The van der Waals surface area contributed by atoms with E-state index in [9.17, 15) is 22.9 Å². The molecule has 2 aliphatic rings. The summed E-state index contributed by atoms with van der Waals surface area (Å²) in [6.07, 6.45) is -0.866. The summed E-state index contributed by atoms with van der Waals surface area (Å²) in [6, 6.07) is 16.5.